The molecular weight excluding hydrogens is 238 g/mol. The molecule has 104 valence electrons. The van der Waals surface area contributed by atoms with E-state index < -0.39 is 0 Å². The third-order valence-corrected chi connectivity index (χ3v) is 3.40. The number of rotatable bonds is 6. The summed E-state index contributed by atoms with van der Waals surface area (Å²) in [6.45, 7) is 11.0. The summed E-state index contributed by atoms with van der Waals surface area (Å²) < 4.78 is 3.93. The van der Waals surface area contributed by atoms with E-state index in [1.54, 1.807) is 0 Å². The zero-order chi connectivity index (χ0) is 13.8. The van der Waals surface area contributed by atoms with Crippen LogP contribution in [-0.4, -0.2) is 19.6 Å². The zero-order valence-corrected chi connectivity index (χ0v) is 12.2. The second kappa shape index (κ2) is 6.02. The number of nitrogens with one attached hydrogen (secondary N) is 1. The number of aromatic nitrogens is 4. The first kappa shape index (κ1) is 13.8. The van der Waals surface area contributed by atoms with Crippen LogP contribution >= 0.6 is 0 Å². The molecule has 0 aliphatic rings. The van der Waals surface area contributed by atoms with Crippen molar-refractivity contribution in [1.82, 2.24) is 24.9 Å². The molecule has 0 aliphatic heterocycles. The number of hydrogen-bond acceptors (Lipinski definition) is 3. The van der Waals surface area contributed by atoms with Crippen LogP contribution in [0.25, 0.3) is 0 Å². The van der Waals surface area contributed by atoms with Crippen LogP contribution in [0.3, 0.4) is 0 Å². The van der Waals surface area contributed by atoms with Gasteiger partial charge in [0, 0.05) is 43.6 Å². The quantitative estimate of drug-likeness (QED) is 0.868. The fourth-order valence-electron chi connectivity index (χ4n) is 2.05. The molecular formula is C14H23N5. The van der Waals surface area contributed by atoms with Crippen molar-refractivity contribution in [2.75, 3.05) is 0 Å². The molecule has 0 fully saturated rings. The minimum atomic E-state index is 0.247. The lowest BCUT2D eigenvalue weighted by molar-refractivity contribution is 0.541. The highest BCUT2D eigenvalue weighted by molar-refractivity contribution is 5.15. The minimum Gasteiger partial charge on any atom is -0.305 e. The zero-order valence-electron chi connectivity index (χ0n) is 12.2. The van der Waals surface area contributed by atoms with Gasteiger partial charge < -0.3 is 5.32 Å². The van der Waals surface area contributed by atoms with E-state index in [1.165, 1.54) is 5.56 Å². The van der Waals surface area contributed by atoms with Crippen molar-refractivity contribution in [3.8, 4) is 0 Å². The van der Waals surface area contributed by atoms with E-state index >= 15 is 0 Å². The van der Waals surface area contributed by atoms with Gasteiger partial charge in [-0.15, -0.1) is 0 Å². The van der Waals surface area contributed by atoms with Crippen molar-refractivity contribution < 1.29 is 0 Å². The highest BCUT2D eigenvalue weighted by Crippen LogP contribution is 2.12. The van der Waals surface area contributed by atoms with E-state index in [9.17, 15) is 0 Å². The highest BCUT2D eigenvalue weighted by Gasteiger charge is 2.10. The number of nitrogens with zero attached hydrogens (tertiary/aromatic N) is 4. The van der Waals surface area contributed by atoms with Gasteiger partial charge in [-0.3, -0.25) is 9.36 Å². The van der Waals surface area contributed by atoms with E-state index in [-0.39, 0.29) is 6.04 Å². The fraction of sp³-hybridized carbons (Fsp3) is 0.571. The summed E-state index contributed by atoms with van der Waals surface area (Å²) in [6, 6.07) is 2.32. The van der Waals surface area contributed by atoms with E-state index in [1.807, 2.05) is 15.6 Å². The molecule has 1 unspecified atom stereocenters. The Bertz CT molecular complexity index is 526. The largest absolute Gasteiger partial charge is 0.305 e. The second-order valence-corrected chi connectivity index (χ2v) is 4.79. The van der Waals surface area contributed by atoms with Crippen molar-refractivity contribution in [1.29, 1.82) is 0 Å². The Kier molecular flexibility index (Phi) is 4.37. The van der Waals surface area contributed by atoms with Crippen LogP contribution in [0.1, 0.15) is 43.8 Å². The van der Waals surface area contributed by atoms with Gasteiger partial charge in [-0.05, 0) is 33.8 Å². The molecule has 0 aliphatic carbocycles. The van der Waals surface area contributed by atoms with Crippen molar-refractivity contribution in [3.05, 3.63) is 35.4 Å². The van der Waals surface area contributed by atoms with E-state index in [4.69, 9.17) is 0 Å². The van der Waals surface area contributed by atoms with Crippen molar-refractivity contribution in [2.24, 2.45) is 0 Å². The average Bonchev–Trinajstić information content (AvgIpc) is 3.02. The standard InChI is InChI=1S/C14H23N5/c1-5-18-8-7-14(17-18)12(4)15-9-13-10-19(6-2)16-11(13)3/h7-8,10,12,15H,5-6,9H2,1-4H3. The van der Waals surface area contributed by atoms with Gasteiger partial charge in [0.25, 0.3) is 0 Å². The molecule has 0 radical (unpaired) electrons. The fourth-order valence-corrected chi connectivity index (χ4v) is 2.05. The van der Waals surface area contributed by atoms with Crippen LogP contribution in [0.2, 0.25) is 0 Å². The summed E-state index contributed by atoms with van der Waals surface area (Å²) in [4.78, 5) is 0. The normalized spacial score (nSPS) is 12.8. The Morgan fingerprint density at radius 1 is 1.21 bits per heavy atom. The lowest BCUT2D eigenvalue weighted by Gasteiger charge is -2.10. The molecule has 0 saturated carbocycles. The topological polar surface area (TPSA) is 47.7 Å². The van der Waals surface area contributed by atoms with Crippen LogP contribution < -0.4 is 5.32 Å². The van der Waals surface area contributed by atoms with Gasteiger partial charge in [-0.2, -0.15) is 10.2 Å². The van der Waals surface area contributed by atoms with E-state index in [0.29, 0.717) is 0 Å². The molecule has 5 heteroatoms. The number of hydrogen-bond donors (Lipinski definition) is 1. The van der Waals surface area contributed by atoms with Gasteiger partial charge >= 0.3 is 0 Å². The summed E-state index contributed by atoms with van der Waals surface area (Å²) in [6.07, 6.45) is 4.13. The van der Waals surface area contributed by atoms with Gasteiger partial charge in [0.05, 0.1) is 11.4 Å². The Balaban J connectivity index is 1.95. The van der Waals surface area contributed by atoms with Crippen LogP contribution in [0, 0.1) is 6.92 Å². The van der Waals surface area contributed by atoms with E-state index in [2.05, 4.69) is 55.5 Å². The predicted octanol–water partition coefficient (Wildman–Crippen LogP) is 2.28. The van der Waals surface area contributed by atoms with Crippen LogP contribution in [0.4, 0.5) is 0 Å². The first-order valence-corrected chi connectivity index (χ1v) is 6.93. The SMILES string of the molecule is CCn1ccc(C(C)NCc2cn(CC)nc2C)n1. The van der Waals surface area contributed by atoms with Gasteiger partial charge in [0.15, 0.2) is 0 Å². The summed E-state index contributed by atoms with van der Waals surface area (Å²) in [7, 11) is 0. The Hall–Kier alpha value is -1.62. The van der Waals surface area contributed by atoms with Gasteiger partial charge in [-0.1, -0.05) is 0 Å². The monoisotopic (exact) mass is 261 g/mol. The number of aryl methyl sites for hydroxylation is 3. The molecule has 2 aromatic heterocycles. The Morgan fingerprint density at radius 2 is 1.95 bits per heavy atom. The predicted molar refractivity (Wildman–Crippen MR) is 75.8 cm³/mol. The summed E-state index contributed by atoms with van der Waals surface area (Å²) in [5.74, 6) is 0. The van der Waals surface area contributed by atoms with Gasteiger partial charge in [0.2, 0.25) is 0 Å². The molecule has 1 atom stereocenters. The maximum Gasteiger partial charge on any atom is 0.0791 e. The molecule has 2 aromatic rings. The molecule has 0 aromatic carbocycles. The molecule has 2 heterocycles. The van der Waals surface area contributed by atoms with Crippen molar-refractivity contribution >= 4 is 0 Å². The Labute approximate surface area is 114 Å². The smallest absolute Gasteiger partial charge is 0.0791 e. The Morgan fingerprint density at radius 3 is 2.53 bits per heavy atom. The lowest BCUT2D eigenvalue weighted by Crippen LogP contribution is -2.19. The van der Waals surface area contributed by atoms with E-state index in [0.717, 1.165) is 31.0 Å². The maximum absolute atomic E-state index is 4.52. The third-order valence-electron chi connectivity index (χ3n) is 3.40. The lowest BCUT2D eigenvalue weighted by atomic mass is 10.2. The second-order valence-electron chi connectivity index (χ2n) is 4.79. The third kappa shape index (κ3) is 3.23. The van der Waals surface area contributed by atoms with Crippen LogP contribution in [0.5, 0.6) is 0 Å². The average molecular weight is 261 g/mol. The molecule has 0 spiro atoms. The summed E-state index contributed by atoms with van der Waals surface area (Å²) in [5.41, 5.74) is 3.44. The highest BCUT2D eigenvalue weighted by atomic mass is 15.3. The van der Waals surface area contributed by atoms with Crippen molar-refractivity contribution in [3.63, 3.8) is 0 Å². The molecule has 1 N–H and O–H groups in total. The van der Waals surface area contributed by atoms with Crippen LogP contribution in [0.15, 0.2) is 18.5 Å². The van der Waals surface area contributed by atoms with Gasteiger partial charge in [0.1, 0.15) is 0 Å². The van der Waals surface area contributed by atoms with Crippen LogP contribution in [-0.2, 0) is 19.6 Å². The molecule has 0 bridgehead atoms. The molecule has 0 amide bonds. The molecule has 0 saturated heterocycles. The molecule has 5 nitrogen and oxygen atoms in total. The maximum atomic E-state index is 4.52. The first-order chi connectivity index (χ1) is 9.13. The molecule has 2 rings (SSSR count). The molecule has 19 heavy (non-hydrogen) atoms. The summed E-state index contributed by atoms with van der Waals surface area (Å²) >= 11 is 0. The van der Waals surface area contributed by atoms with Gasteiger partial charge in [-0.25, -0.2) is 0 Å². The van der Waals surface area contributed by atoms with Crippen molar-refractivity contribution in [2.45, 2.75) is 53.4 Å². The minimum absolute atomic E-state index is 0.247. The first-order valence-electron chi connectivity index (χ1n) is 6.93. The summed E-state index contributed by atoms with van der Waals surface area (Å²) in [5, 5.41) is 12.5.